The Morgan fingerprint density at radius 1 is 1.14 bits per heavy atom. The van der Waals surface area contributed by atoms with Crippen LogP contribution < -0.4 is 21.4 Å². The molecule has 6 N–H and O–H groups in total. The number of hydrogen-bond acceptors (Lipinski definition) is 6. The molecule has 148 valence electrons. The van der Waals surface area contributed by atoms with Crippen LogP contribution >= 0.6 is 0 Å². The summed E-state index contributed by atoms with van der Waals surface area (Å²) in [5.74, 6) is 5.57. The zero-order valence-electron chi connectivity index (χ0n) is 14.8. The van der Waals surface area contributed by atoms with E-state index in [0.717, 1.165) is 4.68 Å². The molecule has 1 aromatic heterocycles. The fourth-order valence-electron chi connectivity index (χ4n) is 2.48. The third-order valence-corrected chi connectivity index (χ3v) is 5.20. The van der Waals surface area contributed by atoms with Crippen LogP contribution in [0.15, 0.2) is 58.2 Å². The maximum atomic E-state index is 12.4. The summed E-state index contributed by atoms with van der Waals surface area (Å²) < 4.78 is 28.1. The average Bonchev–Trinajstić information content (AvgIpc) is 2.63. The normalized spacial score (nSPS) is 11.0. The van der Waals surface area contributed by atoms with E-state index in [2.05, 4.69) is 15.0 Å². The molecule has 2 aromatic carbocycles. The summed E-state index contributed by atoms with van der Waals surface area (Å²) in [6.45, 7) is 1.10. The highest BCUT2D eigenvalue weighted by atomic mass is 32.2. The Hall–Kier alpha value is -3.28. The molecule has 0 unspecified atom stereocenters. The van der Waals surface area contributed by atoms with Crippen molar-refractivity contribution in [3.8, 4) is 0 Å². The summed E-state index contributed by atoms with van der Waals surface area (Å²) in [5, 5.41) is 2.90. The van der Waals surface area contributed by atoms with Gasteiger partial charge in [-0.3, -0.25) is 9.59 Å². The summed E-state index contributed by atoms with van der Waals surface area (Å²) in [6.07, 6.45) is 0. The molecule has 11 heteroatoms. The van der Waals surface area contributed by atoms with Gasteiger partial charge in [0, 0.05) is 12.6 Å². The van der Waals surface area contributed by atoms with Crippen molar-refractivity contribution in [3.63, 3.8) is 0 Å². The number of nitrogen functional groups attached to an aromatic ring is 1. The number of hydrogen-bond donors (Lipinski definition) is 3. The second kappa shape index (κ2) is 8.17. The van der Waals surface area contributed by atoms with Gasteiger partial charge in [-0.05, 0) is 36.4 Å². The molecule has 0 radical (unpaired) electrons. The minimum absolute atomic E-state index is 0. The van der Waals surface area contributed by atoms with Crippen LogP contribution in [0.2, 0.25) is 0 Å². The first kappa shape index (κ1) is 21.0. The van der Waals surface area contributed by atoms with Crippen molar-refractivity contribution in [1.29, 1.82) is 0 Å². The molecule has 0 aliphatic carbocycles. The molecular weight excluding hydrogens is 386 g/mol. The fourth-order valence-corrected chi connectivity index (χ4v) is 3.46. The monoisotopic (exact) mass is 405 g/mol. The molecular formula is C17H19N5O5S. The first-order valence-corrected chi connectivity index (χ1v) is 9.39. The van der Waals surface area contributed by atoms with E-state index in [1.165, 1.54) is 31.2 Å². The smallest absolute Gasteiger partial charge is 0.279 e. The first-order chi connectivity index (χ1) is 12.8. The topological polar surface area (TPSA) is 168 Å². The second-order valence-electron chi connectivity index (χ2n) is 5.75. The number of nitrogens with one attached hydrogen (secondary N) is 2. The molecule has 10 nitrogen and oxygen atoms in total. The molecule has 1 amide bonds. The predicted molar refractivity (Wildman–Crippen MR) is 105 cm³/mol. The lowest BCUT2D eigenvalue weighted by Crippen LogP contribution is -2.35. The molecule has 0 aliphatic heterocycles. The number of benzene rings is 2. The number of nitrogens with zero attached hydrogens (tertiary/aromatic N) is 2. The lowest BCUT2D eigenvalue weighted by molar-refractivity contribution is -0.114. The minimum Gasteiger partial charge on any atom is -0.412 e. The second-order valence-corrected chi connectivity index (χ2v) is 7.52. The van der Waals surface area contributed by atoms with Gasteiger partial charge in [0.05, 0.1) is 22.3 Å². The lowest BCUT2D eigenvalue weighted by atomic mass is 10.2. The Morgan fingerprint density at radius 2 is 1.79 bits per heavy atom. The summed E-state index contributed by atoms with van der Waals surface area (Å²) in [7, 11) is -3.86. The highest BCUT2D eigenvalue weighted by Crippen LogP contribution is 2.14. The first-order valence-electron chi connectivity index (χ1n) is 7.91. The highest BCUT2D eigenvalue weighted by molar-refractivity contribution is 7.89. The molecule has 3 aromatic rings. The van der Waals surface area contributed by atoms with E-state index >= 15 is 0 Å². The zero-order chi connectivity index (χ0) is 19.6. The summed E-state index contributed by atoms with van der Waals surface area (Å²) >= 11 is 0. The van der Waals surface area contributed by atoms with E-state index < -0.39 is 15.6 Å². The summed E-state index contributed by atoms with van der Waals surface area (Å²) in [6, 6.07) is 12.3. The van der Waals surface area contributed by atoms with Gasteiger partial charge in [0.1, 0.15) is 5.82 Å². The van der Waals surface area contributed by atoms with Crippen LogP contribution in [-0.2, 0) is 21.4 Å². The lowest BCUT2D eigenvalue weighted by Gasteiger charge is -2.11. The number of fused-ring (bicyclic) bond motifs is 1. The van der Waals surface area contributed by atoms with Crippen molar-refractivity contribution in [2.75, 3.05) is 11.2 Å². The SMILES string of the molecule is CC(=O)Nc1ccc(S(=O)(=O)NCc2nc3ccccc3c(=O)n2N)cc1.O. The number of para-hydroxylation sites is 1. The van der Waals surface area contributed by atoms with Gasteiger partial charge < -0.3 is 16.6 Å². The molecule has 0 fully saturated rings. The fraction of sp³-hybridized carbons (Fsp3) is 0.118. The molecule has 0 bridgehead atoms. The number of anilines is 1. The maximum Gasteiger partial charge on any atom is 0.279 e. The molecule has 0 spiro atoms. The van der Waals surface area contributed by atoms with Gasteiger partial charge in [0.15, 0.2) is 0 Å². The van der Waals surface area contributed by atoms with E-state index in [4.69, 9.17) is 5.84 Å². The van der Waals surface area contributed by atoms with Crippen LogP contribution in [0.25, 0.3) is 10.9 Å². The van der Waals surface area contributed by atoms with Gasteiger partial charge in [-0.1, -0.05) is 12.1 Å². The van der Waals surface area contributed by atoms with Crippen molar-refractivity contribution >= 4 is 32.5 Å². The molecule has 0 saturated heterocycles. The van der Waals surface area contributed by atoms with E-state index in [1.807, 2.05) is 0 Å². The third-order valence-electron chi connectivity index (χ3n) is 3.79. The van der Waals surface area contributed by atoms with E-state index in [9.17, 15) is 18.0 Å². The quantitative estimate of drug-likeness (QED) is 0.493. The summed E-state index contributed by atoms with van der Waals surface area (Å²) in [4.78, 5) is 27.5. The molecule has 1 heterocycles. The predicted octanol–water partition coefficient (Wildman–Crippen LogP) is -0.278. The number of carbonyl (C=O) groups is 1. The van der Waals surface area contributed by atoms with Gasteiger partial charge in [-0.2, -0.15) is 0 Å². The summed E-state index contributed by atoms with van der Waals surface area (Å²) in [5.41, 5.74) is 0.445. The number of aromatic nitrogens is 2. The zero-order valence-corrected chi connectivity index (χ0v) is 15.7. The van der Waals surface area contributed by atoms with Crippen molar-refractivity contribution in [3.05, 3.63) is 64.7 Å². The van der Waals surface area contributed by atoms with Crippen LogP contribution in [0.4, 0.5) is 5.69 Å². The van der Waals surface area contributed by atoms with Gasteiger partial charge in [-0.15, -0.1) is 0 Å². The molecule has 0 aliphatic rings. The van der Waals surface area contributed by atoms with Gasteiger partial charge in [0.2, 0.25) is 15.9 Å². The Kier molecular flexibility index (Phi) is 6.13. The van der Waals surface area contributed by atoms with Crippen molar-refractivity contribution in [2.45, 2.75) is 18.4 Å². The Balaban J connectivity index is 0.00000280. The van der Waals surface area contributed by atoms with Crippen LogP contribution in [0.5, 0.6) is 0 Å². The van der Waals surface area contributed by atoms with Crippen molar-refractivity contribution < 1.29 is 18.7 Å². The van der Waals surface area contributed by atoms with Crippen molar-refractivity contribution in [2.24, 2.45) is 0 Å². The van der Waals surface area contributed by atoms with Gasteiger partial charge in [0.25, 0.3) is 5.56 Å². The van der Waals surface area contributed by atoms with Crippen molar-refractivity contribution in [1.82, 2.24) is 14.4 Å². The van der Waals surface area contributed by atoms with Crippen LogP contribution in [0.3, 0.4) is 0 Å². The Labute approximate surface area is 160 Å². The largest absolute Gasteiger partial charge is 0.412 e. The van der Waals surface area contributed by atoms with E-state index in [1.54, 1.807) is 24.3 Å². The highest BCUT2D eigenvalue weighted by Gasteiger charge is 2.16. The minimum atomic E-state index is -3.86. The van der Waals surface area contributed by atoms with Crippen LogP contribution in [0.1, 0.15) is 12.7 Å². The van der Waals surface area contributed by atoms with E-state index in [0.29, 0.717) is 16.6 Å². The molecule has 28 heavy (non-hydrogen) atoms. The number of carbonyl (C=O) groups excluding carboxylic acids is 1. The molecule has 0 saturated carbocycles. The molecule has 0 atom stereocenters. The van der Waals surface area contributed by atoms with Gasteiger partial charge in [-0.25, -0.2) is 22.8 Å². The maximum absolute atomic E-state index is 12.4. The van der Waals surface area contributed by atoms with Crippen LogP contribution in [0, 0.1) is 0 Å². The number of amides is 1. The Morgan fingerprint density at radius 3 is 2.43 bits per heavy atom. The van der Waals surface area contributed by atoms with Gasteiger partial charge >= 0.3 is 0 Å². The molecule has 3 rings (SSSR count). The average molecular weight is 405 g/mol. The van der Waals surface area contributed by atoms with E-state index in [-0.39, 0.29) is 28.6 Å². The third kappa shape index (κ3) is 4.34. The Bertz CT molecular complexity index is 1170. The number of nitrogens with two attached hydrogens (primary N) is 1. The standard InChI is InChI=1S/C17H17N5O4S.H2O/c1-11(23)20-12-6-8-13(9-7-12)27(25,26)19-10-16-21-15-5-3-2-4-14(15)17(24)22(16)18;/h2-9,19H,10,18H2,1H3,(H,20,23);1H2. The van der Waals surface area contributed by atoms with Crippen LogP contribution in [-0.4, -0.2) is 29.5 Å². The number of rotatable bonds is 5. The number of sulfonamides is 1.